The summed E-state index contributed by atoms with van der Waals surface area (Å²) in [5, 5.41) is 14.8. The number of nitrogens with zero attached hydrogens (tertiary/aromatic N) is 5. The number of anilines is 1. The van der Waals surface area contributed by atoms with Crippen LogP contribution in [0.4, 0.5) is 14.6 Å². The van der Waals surface area contributed by atoms with Crippen LogP contribution in [0, 0.1) is 6.92 Å². The van der Waals surface area contributed by atoms with Crippen LogP contribution in [-0.2, 0) is 30.6 Å². The smallest absolute Gasteiger partial charge is 0.323 e. The second-order valence-corrected chi connectivity index (χ2v) is 12.8. The number of alkyl halides is 2. The van der Waals surface area contributed by atoms with E-state index in [2.05, 4.69) is 20.0 Å². The summed E-state index contributed by atoms with van der Waals surface area (Å²) in [5.41, 5.74) is -2.36. The van der Waals surface area contributed by atoms with Crippen molar-refractivity contribution < 1.29 is 37.2 Å². The van der Waals surface area contributed by atoms with Crippen molar-refractivity contribution in [2.75, 3.05) is 25.3 Å². The van der Waals surface area contributed by atoms with E-state index in [0.29, 0.717) is 5.82 Å². The standard InChI is InChI=1S/C24H32F2N7O6PS/c1-6-36-20(34)14(2)31-40(41,39-16-10-8-7-9-11-16)37-12-24(26)21(35)23(4,25)22(38-24)33-13-28-17-18(32(5)27)29-15(3)30-19(17)33/h7-11,13-14,21-22,35H,6,12,27H2,1-5H3,(H,31,41)/t14-,21-,22+,23+,24+,40-/m0/s1. The zero-order chi connectivity index (χ0) is 30.2. The van der Waals surface area contributed by atoms with Crippen LogP contribution in [0.25, 0.3) is 11.2 Å². The van der Waals surface area contributed by atoms with Crippen molar-refractivity contribution in [1.82, 2.24) is 24.6 Å². The molecule has 3 heterocycles. The van der Waals surface area contributed by atoms with Crippen molar-refractivity contribution in [3.63, 3.8) is 0 Å². The molecule has 0 spiro atoms. The Morgan fingerprint density at radius 3 is 2.68 bits per heavy atom. The SMILES string of the molecule is CCOC(=O)[C@H](C)N[P@](=S)(OC[C@@]1(F)O[C@@H](n2cnc3c(N(C)N)nc(C)nc32)[C@](C)(F)[C@@H]1O)Oc1ccccc1. The number of hydrogen-bond donors (Lipinski definition) is 3. The second-order valence-electron chi connectivity index (χ2n) is 9.62. The van der Waals surface area contributed by atoms with Crippen molar-refractivity contribution in [3.05, 3.63) is 42.5 Å². The topological polar surface area (TPSA) is 159 Å². The number of hydrazine groups is 1. The highest BCUT2D eigenvalue weighted by Crippen LogP contribution is 2.52. The molecule has 0 unspecified atom stereocenters. The van der Waals surface area contributed by atoms with Gasteiger partial charge in [0.15, 0.2) is 35.0 Å². The Kier molecular flexibility index (Phi) is 8.95. The van der Waals surface area contributed by atoms with E-state index in [1.807, 2.05) is 0 Å². The lowest BCUT2D eigenvalue weighted by atomic mass is 9.97. The maximum absolute atomic E-state index is 16.3. The number of para-hydroxylation sites is 1. The average molecular weight is 616 g/mol. The molecule has 1 aromatic carbocycles. The summed E-state index contributed by atoms with van der Waals surface area (Å²) >= 11 is 5.57. The van der Waals surface area contributed by atoms with E-state index in [9.17, 15) is 9.90 Å². The van der Waals surface area contributed by atoms with Crippen molar-refractivity contribution in [2.24, 2.45) is 5.84 Å². The summed E-state index contributed by atoms with van der Waals surface area (Å²) < 4.78 is 55.5. The number of rotatable bonds is 11. The largest absolute Gasteiger partial charge is 0.465 e. The van der Waals surface area contributed by atoms with Gasteiger partial charge in [-0.15, -0.1) is 0 Å². The van der Waals surface area contributed by atoms with E-state index in [0.717, 1.165) is 11.5 Å². The number of ether oxygens (including phenoxy) is 2. The number of aryl methyl sites for hydroxylation is 1. The number of carbonyl (C=O) groups is 1. The van der Waals surface area contributed by atoms with Crippen LogP contribution in [0.2, 0.25) is 0 Å². The number of benzene rings is 1. The molecule has 2 aromatic heterocycles. The predicted octanol–water partition coefficient (Wildman–Crippen LogP) is 2.59. The minimum Gasteiger partial charge on any atom is -0.465 e. The number of carbonyl (C=O) groups excluding carboxylic acids is 1. The Labute approximate surface area is 240 Å². The summed E-state index contributed by atoms with van der Waals surface area (Å²) in [6.07, 6.45) is -2.86. The van der Waals surface area contributed by atoms with Gasteiger partial charge in [0.25, 0.3) is 5.85 Å². The molecule has 17 heteroatoms. The second kappa shape index (κ2) is 11.8. The number of aliphatic hydroxyl groups excluding tert-OH is 1. The Morgan fingerprint density at radius 2 is 2.05 bits per heavy atom. The van der Waals surface area contributed by atoms with Crippen molar-refractivity contribution in [3.8, 4) is 5.75 Å². The molecule has 0 aliphatic carbocycles. The zero-order valence-corrected chi connectivity index (χ0v) is 24.7. The molecule has 1 fully saturated rings. The molecule has 3 aromatic rings. The van der Waals surface area contributed by atoms with Gasteiger partial charge < -0.3 is 23.6 Å². The number of aliphatic hydroxyl groups is 1. The van der Waals surface area contributed by atoms with Gasteiger partial charge in [-0.1, -0.05) is 18.2 Å². The highest BCUT2D eigenvalue weighted by molar-refractivity contribution is 8.09. The summed E-state index contributed by atoms with van der Waals surface area (Å²) in [6.45, 7) is 1.05. The zero-order valence-electron chi connectivity index (χ0n) is 23.0. The van der Waals surface area contributed by atoms with Gasteiger partial charge in [0.05, 0.1) is 12.9 Å². The fraction of sp³-hybridized carbons (Fsp3) is 0.500. The molecule has 0 amide bonds. The first-order valence-electron chi connectivity index (χ1n) is 12.6. The summed E-state index contributed by atoms with van der Waals surface area (Å²) in [7, 11) is 1.54. The van der Waals surface area contributed by atoms with E-state index in [1.54, 1.807) is 44.2 Å². The van der Waals surface area contributed by atoms with Gasteiger partial charge in [-0.05, 0) is 51.6 Å². The summed E-state index contributed by atoms with van der Waals surface area (Å²) in [5.74, 6) is 2.93. The van der Waals surface area contributed by atoms with E-state index >= 15 is 8.78 Å². The number of aromatic nitrogens is 4. The monoisotopic (exact) mass is 615 g/mol. The van der Waals surface area contributed by atoms with Crippen LogP contribution in [0.15, 0.2) is 36.7 Å². The predicted molar refractivity (Wildman–Crippen MR) is 149 cm³/mol. The Hall–Kier alpha value is -2.85. The fourth-order valence-electron chi connectivity index (χ4n) is 4.23. The lowest BCUT2D eigenvalue weighted by Gasteiger charge is -2.30. The fourth-order valence-corrected chi connectivity index (χ4v) is 6.62. The highest BCUT2D eigenvalue weighted by Gasteiger charge is 2.65. The molecule has 41 heavy (non-hydrogen) atoms. The average Bonchev–Trinajstić information content (AvgIpc) is 3.40. The van der Waals surface area contributed by atoms with Crippen LogP contribution in [0.3, 0.4) is 0 Å². The van der Waals surface area contributed by atoms with E-state index in [-0.39, 0.29) is 29.3 Å². The maximum atomic E-state index is 16.3. The van der Waals surface area contributed by atoms with Gasteiger partial charge in [-0.3, -0.25) is 14.4 Å². The summed E-state index contributed by atoms with van der Waals surface area (Å²) in [4.78, 5) is 25.0. The van der Waals surface area contributed by atoms with E-state index in [1.165, 1.54) is 25.3 Å². The van der Waals surface area contributed by atoms with E-state index in [4.69, 9.17) is 36.2 Å². The number of esters is 1. The Balaban J connectivity index is 1.63. The first-order chi connectivity index (χ1) is 19.2. The third-order valence-corrected chi connectivity index (χ3v) is 8.71. The van der Waals surface area contributed by atoms with Crippen molar-refractivity contribution in [2.45, 2.75) is 57.6 Å². The molecule has 0 saturated carbocycles. The molecule has 13 nitrogen and oxygen atoms in total. The Morgan fingerprint density at radius 1 is 1.37 bits per heavy atom. The van der Waals surface area contributed by atoms with Gasteiger partial charge in [0.1, 0.15) is 24.2 Å². The molecule has 0 bridgehead atoms. The van der Waals surface area contributed by atoms with E-state index < -0.39 is 49.1 Å². The van der Waals surface area contributed by atoms with Crippen LogP contribution >= 0.6 is 6.64 Å². The highest BCUT2D eigenvalue weighted by atomic mass is 32.5. The number of imidazole rings is 1. The quantitative estimate of drug-likeness (QED) is 0.125. The number of fused-ring (bicyclic) bond motifs is 1. The molecular formula is C24H32F2N7O6PS. The molecule has 1 aliphatic rings. The maximum Gasteiger partial charge on any atom is 0.323 e. The van der Waals surface area contributed by atoms with Gasteiger partial charge in [0, 0.05) is 7.05 Å². The normalized spacial score (nSPS) is 26.5. The molecule has 1 saturated heterocycles. The number of hydrogen-bond acceptors (Lipinski definition) is 12. The third kappa shape index (κ3) is 6.33. The van der Waals surface area contributed by atoms with Crippen LogP contribution < -0.4 is 20.5 Å². The Bertz CT molecular complexity index is 1450. The summed E-state index contributed by atoms with van der Waals surface area (Å²) in [6, 6.07) is 7.28. The minimum atomic E-state index is -3.71. The molecule has 0 radical (unpaired) electrons. The van der Waals surface area contributed by atoms with Crippen LogP contribution in [0.1, 0.15) is 32.8 Å². The van der Waals surface area contributed by atoms with Gasteiger partial charge >= 0.3 is 12.6 Å². The molecule has 1 aliphatic heterocycles. The van der Waals surface area contributed by atoms with Crippen molar-refractivity contribution >= 4 is 41.4 Å². The number of nitrogens with one attached hydrogen (secondary N) is 1. The third-order valence-electron chi connectivity index (χ3n) is 6.23. The number of halogens is 2. The van der Waals surface area contributed by atoms with Gasteiger partial charge in [-0.2, -0.15) is 0 Å². The molecule has 6 atom stereocenters. The molecule has 4 N–H and O–H groups in total. The lowest BCUT2D eigenvalue weighted by molar-refractivity contribution is -0.202. The van der Waals surface area contributed by atoms with Gasteiger partial charge in [-0.25, -0.2) is 34.7 Å². The first-order valence-corrected chi connectivity index (χ1v) is 15.2. The van der Waals surface area contributed by atoms with Crippen LogP contribution in [0.5, 0.6) is 5.75 Å². The molecular weight excluding hydrogens is 583 g/mol. The van der Waals surface area contributed by atoms with Crippen LogP contribution in [-0.4, -0.2) is 74.5 Å². The lowest BCUT2D eigenvalue weighted by Crippen LogP contribution is -2.47. The minimum absolute atomic E-state index is 0.110. The first kappa shape index (κ1) is 31.1. The number of nitrogens with two attached hydrogens (primary N) is 1. The van der Waals surface area contributed by atoms with Crippen molar-refractivity contribution in [1.29, 1.82) is 0 Å². The molecule has 4 rings (SSSR count). The molecule has 224 valence electrons. The van der Waals surface area contributed by atoms with Gasteiger partial charge in [0.2, 0.25) is 0 Å².